The molecule has 0 saturated heterocycles. The molecule has 0 aromatic rings. The van der Waals surface area contributed by atoms with Crippen molar-refractivity contribution in [2.75, 3.05) is 0 Å². The first kappa shape index (κ1) is 15.0. The van der Waals surface area contributed by atoms with Crippen molar-refractivity contribution < 1.29 is 5.11 Å². The maximum absolute atomic E-state index is 10.1. The Morgan fingerprint density at radius 2 is 1.65 bits per heavy atom. The molecule has 0 aromatic carbocycles. The van der Waals surface area contributed by atoms with Crippen LogP contribution in [0, 0.1) is 11.8 Å². The summed E-state index contributed by atoms with van der Waals surface area (Å²) < 4.78 is 0. The van der Waals surface area contributed by atoms with Crippen LogP contribution in [-0.2, 0) is 0 Å². The van der Waals surface area contributed by atoms with Crippen LogP contribution in [0.1, 0.15) is 71.6 Å². The molecule has 1 fully saturated rings. The molecule has 0 bridgehead atoms. The molecule has 2 nitrogen and oxygen atoms in total. The van der Waals surface area contributed by atoms with Gasteiger partial charge in [0.05, 0.1) is 6.10 Å². The van der Waals surface area contributed by atoms with E-state index in [0.717, 1.165) is 12.8 Å². The van der Waals surface area contributed by atoms with Crippen molar-refractivity contribution in [2.45, 2.75) is 83.8 Å². The van der Waals surface area contributed by atoms with Crippen LogP contribution in [0.5, 0.6) is 0 Å². The monoisotopic (exact) mass is 241 g/mol. The molecule has 102 valence electrons. The molecule has 0 heterocycles. The van der Waals surface area contributed by atoms with Crippen LogP contribution in [0.15, 0.2) is 0 Å². The average Bonchev–Trinajstić information content (AvgIpc) is 2.37. The number of aliphatic hydroxyl groups is 1. The summed E-state index contributed by atoms with van der Waals surface area (Å²) in [6.07, 6.45) is 10.5. The van der Waals surface area contributed by atoms with E-state index in [4.69, 9.17) is 5.73 Å². The Kier molecular flexibility index (Phi) is 7.14. The smallest absolute Gasteiger partial charge is 0.0557 e. The minimum atomic E-state index is -0.183. The number of nitrogens with two attached hydrogens (primary N) is 1. The molecule has 1 saturated carbocycles. The summed E-state index contributed by atoms with van der Waals surface area (Å²) in [7, 11) is 0. The van der Waals surface area contributed by atoms with Gasteiger partial charge in [-0.15, -0.1) is 0 Å². The molecular weight excluding hydrogens is 210 g/mol. The molecular formula is C15H31NO. The van der Waals surface area contributed by atoms with E-state index in [1.165, 1.54) is 44.9 Å². The molecule has 17 heavy (non-hydrogen) atoms. The standard InChI is InChI=1S/C15H31NO/c1-3-12(4-2)10-14(17)11-15(16)13-8-6-5-7-9-13/h12-15,17H,3-11,16H2,1-2H3. The van der Waals surface area contributed by atoms with Crippen LogP contribution in [-0.4, -0.2) is 17.3 Å². The molecule has 2 unspecified atom stereocenters. The van der Waals surface area contributed by atoms with Gasteiger partial charge in [0, 0.05) is 6.04 Å². The van der Waals surface area contributed by atoms with E-state index in [9.17, 15) is 5.11 Å². The Balaban J connectivity index is 2.26. The summed E-state index contributed by atoms with van der Waals surface area (Å²) in [5.41, 5.74) is 6.25. The molecule has 0 spiro atoms. The molecule has 2 atom stereocenters. The topological polar surface area (TPSA) is 46.2 Å². The second kappa shape index (κ2) is 8.10. The fourth-order valence-electron chi connectivity index (χ4n) is 3.17. The average molecular weight is 241 g/mol. The first-order valence-electron chi connectivity index (χ1n) is 7.61. The highest BCUT2D eigenvalue weighted by atomic mass is 16.3. The van der Waals surface area contributed by atoms with Crippen molar-refractivity contribution in [3.63, 3.8) is 0 Å². The second-order valence-electron chi connectivity index (χ2n) is 5.87. The second-order valence-corrected chi connectivity index (χ2v) is 5.87. The van der Waals surface area contributed by atoms with E-state index in [0.29, 0.717) is 11.8 Å². The fraction of sp³-hybridized carbons (Fsp3) is 1.00. The quantitative estimate of drug-likeness (QED) is 0.717. The van der Waals surface area contributed by atoms with Gasteiger partial charge in [-0.1, -0.05) is 46.0 Å². The third-order valence-corrected chi connectivity index (χ3v) is 4.56. The van der Waals surface area contributed by atoms with Crippen molar-refractivity contribution in [1.82, 2.24) is 0 Å². The molecule has 1 aliphatic rings. The van der Waals surface area contributed by atoms with Gasteiger partial charge in [-0.25, -0.2) is 0 Å². The van der Waals surface area contributed by atoms with Gasteiger partial charge >= 0.3 is 0 Å². The highest BCUT2D eigenvalue weighted by molar-refractivity contribution is 4.79. The van der Waals surface area contributed by atoms with E-state index >= 15 is 0 Å². The molecule has 0 aliphatic heterocycles. The Bertz CT molecular complexity index is 185. The van der Waals surface area contributed by atoms with Gasteiger partial charge in [0.1, 0.15) is 0 Å². The van der Waals surface area contributed by atoms with Gasteiger partial charge in [-0.2, -0.15) is 0 Å². The Hall–Kier alpha value is -0.0800. The van der Waals surface area contributed by atoms with Crippen LogP contribution in [0.2, 0.25) is 0 Å². The van der Waals surface area contributed by atoms with Crippen molar-refractivity contribution in [1.29, 1.82) is 0 Å². The van der Waals surface area contributed by atoms with Crippen LogP contribution < -0.4 is 5.73 Å². The number of hydrogen-bond acceptors (Lipinski definition) is 2. The zero-order chi connectivity index (χ0) is 12.7. The molecule has 0 radical (unpaired) electrons. The minimum Gasteiger partial charge on any atom is -0.393 e. The van der Waals surface area contributed by atoms with Crippen LogP contribution >= 0.6 is 0 Å². The Morgan fingerprint density at radius 1 is 1.06 bits per heavy atom. The third kappa shape index (κ3) is 5.39. The predicted octanol–water partition coefficient (Wildman–Crippen LogP) is 3.47. The summed E-state index contributed by atoms with van der Waals surface area (Å²) in [5.74, 6) is 1.34. The molecule has 1 rings (SSSR count). The van der Waals surface area contributed by atoms with Gasteiger partial charge < -0.3 is 10.8 Å². The first-order valence-corrected chi connectivity index (χ1v) is 7.61. The van der Waals surface area contributed by atoms with Gasteiger partial charge in [0.15, 0.2) is 0 Å². The fourth-order valence-corrected chi connectivity index (χ4v) is 3.17. The Morgan fingerprint density at radius 3 is 2.18 bits per heavy atom. The predicted molar refractivity (Wildman–Crippen MR) is 73.9 cm³/mol. The van der Waals surface area contributed by atoms with Gasteiger partial charge in [0.25, 0.3) is 0 Å². The Labute approximate surface area is 107 Å². The molecule has 1 aliphatic carbocycles. The van der Waals surface area contributed by atoms with Gasteiger partial charge in [-0.05, 0) is 37.5 Å². The number of rotatable bonds is 7. The first-order chi connectivity index (χ1) is 8.17. The number of hydrogen-bond donors (Lipinski definition) is 2. The zero-order valence-corrected chi connectivity index (χ0v) is 11.7. The highest BCUT2D eigenvalue weighted by Crippen LogP contribution is 2.28. The van der Waals surface area contributed by atoms with Crippen molar-refractivity contribution in [3.8, 4) is 0 Å². The van der Waals surface area contributed by atoms with Gasteiger partial charge in [0.2, 0.25) is 0 Å². The molecule has 0 amide bonds. The summed E-state index contributed by atoms with van der Waals surface area (Å²) in [6, 6.07) is 0.222. The van der Waals surface area contributed by atoms with E-state index in [1.54, 1.807) is 0 Å². The lowest BCUT2D eigenvalue weighted by Crippen LogP contribution is -2.35. The van der Waals surface area contributed by atoms with E-state index < -0.39 is 0 Å². The molecule has 2 heteroatoms. The lowest BCUT2D eigenvalue weighted by Gasteiger charge is -2.29. The summed E-state index contributed by atoms with van der Waals surface area (Å²) >= 11 is 0. The highest BCUT2D eigenvalue weighted by Gasteiger charge is 2.23. The summed E-state index contributed by atoms with van der Waals surface area (Å²) in [6.45, 7) is 4.42. The summed E-state index contributed by atoms with van der Waals surface area (Å²) in [4.78, 5) is 0. The lowest BCUT2D eigenvalue weighted by molar-refractivity contribution is 0.110. The maximum atomic E-state index is 10.1. The summed E-state index contributed by atoms with van der Waals surface area (Å²) in [5, 5.41) is 10.1. The van der Waals surface area contributed by atoms with E-state index in [2.05, 4.69) is 13.8 Å². The minimum absolute atomic E-state index is 0.183. The van der Waals surface area contributed by atoms with Crippen molar-refractivity contribution in [2.24, 2.45) is 17.6 Å². The van der Waals surface area contributed by atoms with E-state index in [1.807, 2.05) is 0 Å². The lowest BCUT2D eigenvalue weighted by atomic mass is 9.81. The van der Waals surface area contributed by atoms with Crippen molar-refractivity contribution >= 4 is 0 Å². The maximum Gasteiger partial charge on any atom is 0.0557 e. The van der Waals surface area contributed by atoms with Crippen LogP contribution in [0.25, 0.3) is 0 Å². The SMILES string of the molecule is CCC(CC)CC(O)CC(N)C1CCCCC1. The third-order valence-electron chi connectivity index (χ3n) is 4.56. The molecule has 0 aromatic heterocycles. The largest absolute Gasteiger partial charge is 0.393 e. The van der Waals surface area contributed by atoms with Gasteiger partial charge in [-0.3, -0.25) is 0 Å². The zero-order valence-electron chi connectivity index (χ0n) is 11.7. The van der Waals surface area contributed by atoms with Crippen LogP contribution in [0.4, 0.5) is 0 Å². The molecule has 3 N–H and O–H groups in total. The van der Waals surface area contributed by atoms with Crippen LogP contribution in [0.3, 0.4) is 0 Å². The number of aliphatic hydroxyl groups excluding tert-OH is 1. The van der Waals surface area contributed by atoms with E-state index in [-0.39, 0.29) is 12.1 Å². The normalized spacial score (nSPS) is 21.7. The van der Waals surface area contributed by atoms with Crippen molar-refractivity contribution in [3.05, 3.63) is 0 Å².